The first-order valence-corrected chi connectivity index (χ1v) is 8.01. The van der Waals surface area contributed by atoms with Gasteiger partial charge in [-0.15, -0.1) is 0 Å². The van der Waals surface area contributed by atoms with Crippen LogP contribution in [-0.2, 0) is 0 Å². The topological polar surface area (TPSA) is 50.8 Å². The normalized spacial score (nSPS) is 10.1. The van der Waals surface area contributed by atoms with Crippen LogP contribution in [0.25, 0.3) is 0 Å². The molecule has 0 aromatic heterocycles. The molecule has 5 heteroatoms. The Hall–Kier alpha value is -2.69. The van der Waals surface area contributed by atoms with Gasteiger partial charge in [0.05, 0.1) is 6.61 Å². The summed E-state index contributed by atoms with van der Waals surface area (Å²) in [5.41, 5.74) is 1.64. The zero-order valence-corrected chi connectivity index (χ0v) is 14.4. The predicted octanol–water partition coefficient (Wildman–Crippen LogP) is 3.28. The maximum absolute atomic E-state index is 11.8. The molecule has 0 saturated heterocycles. The van der Waals surface area contributed by atoms with Crippen LogP contribution >= 0.6 is 0 Å². The zero-order valence-electron chi connectivity index (χ0n) is 14.4. The van der Waals surface area contributed by atoms with Crippen LogP contribution in [0.1, 0.15) is 17.3 Å². The summed E-state index contributed by atoms with van der Waals surface area (Å²) >= 11 is 0. The van der Waals surface area contributed by atoms with Crippen molar-refractivity contribution in [2.45, 2.75) is 6.92 Å². The van der Waals surface area contributed by atoms with Crippen LogP contribution in [0.2, 0.25) is 0 Å². The summed E-state index contributed by atoms with van der Waals surface area (Å²) in [6, 6.07) is 15.0. The van der Waals surface area contributed by atoms with Crippen LogP contribution in [0.3, 0.4) is 0 Å². The molecule has 1 N–H and O–H groups in total. The lowest BCUT2D eigenvalue weighted by molar-refractivity contribution is 0.0827. The molecule has 0 saturated carbocycles. The maximum atomic E-state index is 11.8. The number of anilines is 1. The van der Waals surface area contributed by atoms with E-state index in [4.69, 9.17) is 9.47 Å². The fraction of sp³-hybridized carbons (Fsp3) is 0.316. The van der Waals surface area contributed by atoms with E-state index in [9.17, 15) is 4.79 Å². The summed E-state index contributed by atoms with van der Waals surface area (Å²) in [7, 11) is 3.49. The minimum absolute atomic E-state index is 0.000354. The molecule has 2 aromatic rings. The van der Waals surface area contributed by atoms with E-state index in [1.165, 1.54) is 0 Å². The second-order valence-electron chi connectivity index (χ2n) is 5.46. The summed E-state index contributed by atoms with van der Waals surface area (Å²) in [5, 5.41) is 3.27. The molecule has 0 bridgehead atoms. The number of nitrogens with zero attached hydrogens (tertiary/aromatic N) is 1. The van der Waals surface area contributed by atoms with Crippen molar-refractivity contribution < 1.29 is 14.3 Å². The van der Waals surface area contributed by atoms with Gasteiger partial charge in [-0.3, -0.25) is 4.79 Å². The monoisotopic (exact) mass is 328 g/mol. The largest absolute Gasteiger partial charge is 0.494 e. The van der Waals surface area contributed by atoms with Crippen molar-refractivity contribution in [1.29, 1.82) is 0 Å². The minimum Gasteiger partial charge on any atom is -0.494 e. The van der Waals surface area contributed by atoms with Crippen molar-refractivity contribution in [1.82, 2.24) is 4.90 Å². The fourth-order valence-electron chi connectivity index (χ4n) is 2.15. The predicted molar refractivity (Wildman–Crippen MR) is 96.1 cm³/mol. The molecule has 128 valence electrons. The quantitative estimate of drug-likeness (QED) is 0.756. The highest BCUT2D eigenvalue weighted by atomic mass is 16.5. The second-order valence-corrected chi connectivity index (χ2v) is 5.46. The van der Waals surface area contributed by atoms with E-state index in [-0.39, 0.29) is 5.91 Å². The molecule has 1 amide bonds. The molecule has 0 heterocycles. The summed E-state index contributed by atoms with van der Waals surface area (Å²) in [4.78, 5) is 13.4. The van der Waals surface area contributed by atoms with Gasteiger partial charge < -0.3 is 19.7 Å². The number of hydrogen-bond acceptors (Lipinski definition) is 4. The van der Waals surface area contributed by atoms with Crippen molar-refractivity contribution in [3.8, 4) is 11.5 Å². The van der Waals surface area contributed by atoms with Gasteiger partial charge in [-0.25, -0.2) is 0 Å². The van der Waals surface area contributed by atoms with E-state index in [1.54, 1.807) is 19.0 Å². The average Bonchev–Trinajstić information content (AvgIpc) is 2.60. The van der Waals surface area contributed by atoms with Gasteiger partial charge in [0.15, 0.2) is 0 Å². The highest BCUT2D eigenvalue weighted by Crippen LogP contribution is 2.17. The molecule has 0 unspecified atom stereocenters. The molecule has 0 aliphatic rings. The Morgan fingerprint density at radius 3 is 2.08 bits per heavy atom. The summed E-state index contributed by atoms with van der Waals surface area (Å²) < 4.78 is 11.1. The molecule has 2 aromatic carbocycles. The number of benzene rings is 2. The maximum Gasteiger partial charge on any atom is 0.253 e. The molecule has 24 heavy (non-hydrogen) atoms. The Bertz CT molecular complexity index is 637. The molecule has 0 atom stereocenters. The molecule has 2 rings (SSSR count). The van der Waals surface area contributed by atoms with Crippen LogP contribution < -0.4 is 14.8 Å². The third-order valence-electron chi connectivity index (χ3n) is 3.37. The van der Waals surface area contributed by atoms with Gasteiger partial charge >= 0.3 is 0 Å². The van der Waals surface area contributed by atoms with E-state index in [0.717, 1.165) is 17.2 Å². The third kappa shape index (κ3) is 5.19. The zero-order chi connectivity index (χ0) is 17.4. The highest BCUT2D eigenvalue weighted by molar-refractivity contribution is 5.94. The smallest absolute Gasteiger partial charge is 0.253 e. The van der Waals surface area contributed by atoms with E-state index in [2.05, 4.69) is 5.32 Å². The second kappa shape index (κ2) is 8.82. The molecule has 0 aliphatic heterocycles. The van der Waals surface area contributed by atoms with E-state index >= 15 is 0 Å². The van der Waals surface area contributed by atoms with Gasteiger partial charge in [0, 0.05) is 31.9 Å². The lowest BCUT2D eigenvalue weighted by atomic mass is 10.2. The first-order chi connectivity index (χ1) is 11.6. The summed E-state index contributed by atoms with van der Waals surface area (Å²) in [6.07, 6.45) is 0. The van der Waals surface area contributed by atoms with E-state index in [1.807, 2.05) is 55.5 Å². The summed E-state index contributed by atoms with van der Waals surface area (Å²) in [6.45, 7) is 3.84. The molecular formula is C19H24N2O3. The van der Waals surface area contributed by atoms with Gasteiger partial charge in [-0.1, -0.05) is 0 Å². The number of carbonyl (C=O) groups excluding carboxylic acids is 1. The third-order valence-corrected chi connectivity index (χ3v) is 3.37. The first-order valence-electron chi connectivity index (χ1n) is 8.01. The van der Waals surface area contributed by atoms with Gasteiger partial charge in [0.25, 0.3) is 5.91 Å². The molecule has 5 nitrogen and oxygen atoms in total. The van der Waals surface area contributed by atoms with Crippen LogP contribution in [0.5, 0.6) is 11.5 Å². The highest BCUT2D eigenvalue weighted by Gasteiger charge is 2.06. The number of amides is 1. The standard InChI is InChI=1S/C19H24N2O3/c1-4-23-17-9-11-18(12-10-17)24-14-13-20-16-7-5-15(6-8-16)19(22)21(2)3/h5-12,20H,4,13-14H2,1-3H3. The van der Waals surface area contributed by atoms with Crippen LogP contribution in [0.4, 0.5) is 5.69 Å². The number of rotatable bonds is 8. The van der Waals surface area contributed by atoms with Gasteiger partial charge in [-0.05, 0) is 55.5 Å². The fourth-order valence-corrected chi connectivity index (χ4v) is 2.15. The van der Waals surface area contributed by atoms with E-state index in [0.29, 0.717) is 25.3 Å². The van der Waals surface area contributed by atoms with E-state index < -0.39 is 0 Å². The molecule has 0 radical (unpaired) electrons. The number of ether oxygens (including phenoxy) is 2. The Morgan fingerprint density at radius 1 is 0.958 bits per heavy atom. The number of hydrogen-bond donors (Lipinski definition) is 1. The first kappa shape index (κ1) is 17.7. The average molecular weight is 328 g/mol. The van der Waals surface area contributed by atoms with Crippen molar-refractivity contribution in [3.05, 3.63) is 54.1 Å². The lowest BCUT2D eigenvalue weighted by Crippen LogP contribution is -2.21. The van der Waals surface area contributed by atoms with Crippen molar-refractivity contribution in [2.24, 2.45) is 0 Å². The number of carbonyl (C=O) groups is 1. The van der Waals surface area contributed by atoms with Crippen molar-refractivity contribution in [3.63, 3.8) is 0 Å². The van der Waals surface area contributed by atoms with Crippen LogP contribution in [0, 0.1) is 0 Å². The Balaban J connectivity index is 1.75. The molecular weight excluding hydrogens is 304 g/mol. The van der Waals surface area contributed by atoms with Gasteiger partial charge in [0.1, 0.15) is 18.1 Å². The Labute approximate surface area is 143 Å². The molecule has 0 spiro atoms. The van der Waals surface area contributed by atoms with Crippen LogP contribution in [0.15, 0.2) is 48.5 Å². The van der Waals surface area contributed by atoms with Crippen molar-refractivity contribution >= 4 is 11.6 Å². The van der Waals surface area contributed by atoms with Gasteiger partial charge in [0.2, 0.25) is 0 Å². The Morgan fingerprint density at radius 2 is 1.54 bits per heavy atom. The minimum atomic E-state index is 0.000354. The SMILES string of the molecule is CCOc1ccc(OCCNc2ccc(C(=O)N(C)C)cc2)cc1. The summed E-state index contributed by atoms with van der Waals surface area (Å²) in [5.74, 6) is 1.66. The van der Waals surface area contributed by atoms with Gasteiger partial charge in [-0.2, -0.15) is 0 Å². The molecule has 0 fully saturated rings. The lowest BCUT2D eigenvalue weighted by Gasteiger charge is -2.12. The Kier molecular flexibility index (Phi) is 6.49. The number of nitrogens with one attached hydrogen (secondary N) is 1. The van der Waals surface area contributed by atoms with Crippen LogP contribution in [-0.4, -0.2) is 44.7 Å². The van der Waals surface area contributed by atoms with Crippen molar-refractivity contribution in [2.75, 3.05) is 39.2 Å². The molecule has 0 aliphatic carbocycles.